The van der Waals surface area contributed by atoms with E-state index in [1.807, 2.05) is 24.4 Å². The molecule has 0 amide bonds. The number of hydrogen-bond acceptors (Lipinski definition) is 5. The van der Waals surface area contributed by atoms with E-state index in [-0.39, 0.29) is 5.91 Å². The third-order valence-corrected chi connectivity index (χ3v) is 4.00. The Bertz CT molecular complexity index is 1180. The minimum atomic E-state index is -0.233. The molecule has 25 heavy (non-hydrogen) atoms. The first kappa shape index (κ1) is 13.6. The quantitative estimate of drug-likeness (QED) is 0.494. The largest absolute Gasteiger partial charge is 0.287 e. The van der Waals surface area contributed by atoms with Crippen LogP contribution in [0.4, 0.5) is 0 Å². The van der Waals surface area contributed by atoms with Gasteiger partial charge in [0.05, 0.1) is 23.1 Å². The predicted octanol–water partition coefficient (Wildman–Crippen LogP) is 1.90. The van der Waals surface area contributed by atoms with E-state index >= 15 is 0 Å². The molecule has 0 aliphatic carbocycles. The van der Waals surface area contributed by atoms with E-state index in [1.165, 1.54) is 10.9 Å². The van der Waals surface area contributed by atoms with Gasteiger partial charge in [0.15, 0.2) is 5.69 Å². The molecule has 2 aliphatic heterocycles. The van der Waals surface area contributed by atoms with Gasteiger partial charge in [-0.25, -0.2) is 19.2 Å². The molecule has 5 heterocycles. The number of fused-ring (bicyclic) bond motifs is 2. The van der Waals surface area contributed by atoms with Gasteiger partial charge in [0, 0.05) is 24.8 Å². The molecule has 3 aromatic rings. The normalized spacial score (nSPS) is 11.4. The van der Waals surface area contributed by atoms with Crippen LogP contribution in [0.2, 0.25) is 0 Å². The summed E-state index contributed by atoms with van der Waals surface area (Å²) in [4.78, 5) is 20.9. The van der Waals surface area contributed by atoms with E-state index in [2.05, 4.69) is 20.2 Å². The van der Waals surface area contributed by atoms with Crippen molar-refractivity contribution >= 4 is 11.4 Å². The first-order valence-corrected chi connectivity index (χ1v) is 7.61. The highest BCUT2D eigenvalue weighted by molar-refractivity contribution is 5.94. The van der Waals surface area contributed by atoms with Crippen LogP contribution in [0.15, 0.2) is 67.6 Å². The summed E-state index contributed by atoms with van der Waals surface area (Å²) in [6.07, 6.45) is 10.1. The average molecular weight is 329 g/mol. The van der Waals surface area contributed by atoms with Crippen LogP contribution in [0.1, 0.15) is 10.5 Å². The van der Waals surface area contributed by atoms with E-state index in [0.717, 1.165) is 16.9 Å². The number of hydrogen-bond donors (Lipinski definition) is 0. The van der Waals surface area contributed by atoms with E-state index < -0.39 is 0 Å². The van der Waals surface area contributed by atoms with Crippen molar-refractivity contribution < 1.29 is 4.79 Å². The molecule has 3 aromatic heterocycles. The summed E-state index contributed by atoms with van der Waals surface area (Å²) in [5, 5.41) is 8.59. The molecule has 120 valence electrons. The van der Waals surface area contributed by atoms with Gasteiger partial charge in [-0.2, -0.15) is 10.2 Å². The summed E-state index contributed by atoms with van der Waals surface area (Å²) in [6, 6.07) is 9.23. The second kappa shape index (κ2) is 5.10. The van der Waals surface area contributed by atoms with Crippen molar-refractivity contribution in [3.05, 3.63) is 73.3 Å². The van der Waals surface area contributed by atoms with Gasteiger partial charge in [-0.05, 0) is 30.3 Å². The lowest BCUT2D eigenvalue weighted by molar-refractivity contribution is 0.0954. The van der Waals surface area contributed by atoms with Gasteiger partial charge < -0.3 is 0 Å². The Hall–Kier alpha value is -3.81. The Balaban J connectivity index is 1.51. The fourth-order valence-corrected chi connectivity index (χ4v) is 2.72. The van der Waals surface area contributed by atoms with Crippen molar-refractivity contribution in [3.8, 4) is 17.1 Å². The van der Waals surface area contributed by atoms with Gasteiger partial charge in [0.2, 0.25) is 0 Å². The number of nitrogens with zero attached hydrogens (tertiary/aromatic N) is 7. The predicted molar refractivity (Wildman–Crippen MR) is 88.7 cm³/mol. The van der Waals surface area contributed by atoms with Crippen molar-refractivity contribution in [2.75, 3.05) is 0 Å². The highest BCUT2D eigenvalue weighted by atomic mass is 16.2. The van der Waals surface area contributed by atoms with Crippen LogP contribution in [0.25, 0.3) is 22.6 Å². The molecule has 0 aromatic carbocycles. The number of carbonyl (C=O) groups is 1. The summed E-state index contributed by atoms with van der Waals surface area (Å²) >= 11 is 0. The highest BCUT2D eigenvalue weighted by Crippen LogP contribution is 2.16. The molecule has 0 unspecified atom stereocenters. The molecule has 0 spiro atoms. The van der Waals surface area contributed by atoms with Crippen molar-refractivity contribution in [1.82, 2.24) is 33.9 Å². The molecule has 0 fully saturated rings. The van der Waals surface area contributed by atoms with E-state index in [0.29, 0.717) is 11.4 Å². The van der Waals surface area contributed by atoms with Crippen LogP contribution in [0, 0.1) is 0 Å². The van der Waals surface area contributed by atoms with Gasteiger partial charge in [0.1, 0.15) is 12.0 Å². The lowest BCUT2D eigenvalue weighted by Crippen LogP contribution is -2.13. The summed E-state index contributed by atoms with van der Waals surface area (Å²) in [5.74, 6) is -0.233. The average Bonchev–Trinajstić information content (AvgIpc) is 3.39. The Morgan fingerprint density at radius 1 is 0.920 bits per heavy atom. The molecular weight excluding hydrogens is 318 g/mol. The van der Waals surface area contributed by atoms with Gasteiger partial charge in [-0.15, -0.1) is 0 Å². The second-order valence-electron chi connectivity index (χ2n) is 5.53. The molecule has 0 bridgehead atoms. The van der Waals surface area contributed by atoms with Crippen LogP contribution >= 0.6 is 0 Å². The summed E-state index contributed by atoms with van der Waals surface area (Å²) < 4.78 is 4.87. The van der Waals surface area contributed by atoms with Crippen molar-refractivity contribution in [2.24, 2.45) is 0 Å². The van der Waals surface area contributed by atoms with Gasteiger partial charge in [-0.1, -0.05) is 0 Å². The molecule has 0 atom stereocenters. The van der Waals surface area contributed by atoms with Crippen LogP contribution < -0.4 is 0 Å². The second-order valence-corrected chi connectivity index (χ2v) is 5.53. The SMILES string of the molecule is O=C(c1ccn(-c2ccc3ccnn3c2)n1)n1ccc2ncnc-2c1. The van der Waals surface area contributed by atoms with Gasteiger partial charge in [-0.3, -0.25) is 9.36 Å². The van der Waals surface area contributed by atoms with Crippen LogP contribution in [-0.4, -0.2) is 39.8 Å². The molecular formula is C17H11N7O. The van der Waals surface area contributed by atoms with Gasteiger partial charge in [0.25, 0.3) is 5.91 Å². The topological polar surface area (TPSA) is 82.9 Å². The Labute approximate surface area is 141 Å². The van der Waals surface area contributed by atoms with E-state index in [4.69, 9.17) is 0 Å². The summed E-state index contributed by atoms with van der Waals surface area (Å²) in [5.41, 5.74) is 3.57. The van der Waals surface area contributed by atoms with Crippen LogP contribution in [0.3, 0.4) is 0 Å². The lowest BCUT2D eigenvalue weighted by atomic mass is 10.3. The van der Waals surface area contributed by atoms with Crippen LogP contribution in [0.5, 0.6) is 0 Å². The number of carbonyl (C=O) groups excluding carboxylic acids is 1. The zero-order valence-electron chi connectivity index (χ0n) is 12.9. The van der Waals surface area contributed by atoms with Gasteiger partial charge >= 0.3 is 0 Å². The number of aromatic nitrogens is 7. The molecule has 5 rings (SSSR count). The fraction of sp³-hybridized carbons (Fsp3) is 0. The molecule has 8 heteroatoms. The lowest BCUT2D eigenvalue weighted by Gasteiger charge is -2.05. The number of imidazole rings is 1. The minimum Gasteiger partial charge on any atom is -0.287 e. The maximum Gasteiger partial charge on any atom is 0.282 e. The Kier molecular flexibility index (Phi) is 2.78. The first-order valence-electron chi connectivity index (χ1n) is 7.61. The monoisotopic (exact) mass is 329 g/mol. The number of rotatable bonds is 2. The summed E-state index contributed by atoms with van der Waals surface area (Å²) in [6.45, 7) is 0. The molecule has 0 N–H and O–H groups in total. The zero-order valence-corrected chi connectivity index (χ0v) is 12.9. The van der Waals surface area contributed by atoms with Crippen molar-refractivity contribution in [3.63, 3.8) is 0 Å². The maximum atomic E-state index is 12.6. The molecule has 0 saturated carbocycles. The Morgan fingerprint density at radius 3 is 2.80 bits per heavy atom. The van der Waals surface area contributed by atoms with E-state index in [1.54, 1.807) is 46.1 Å². The smallest absolute Gasteiger partial charge is 0.282 e. The standard InChI is InChI=1S/C17H11N7O/c25-17(22-7-4-14-16(10-22)19-11-18-14)15-5-8-23(21-15)13-2-1-12-3-6-20-24(12)9-13/h1-11H. The zero-order chi connectivity index (χ0) is 16.8. The summed E-state index contributed by atoms with van der Waals surface area (Å²) in [7, 11) is 0. The molecule has 0 saturated heterocycles. The highest BCUT2D eigenvalue weighted by Gasteiger charge is 2.14. The third-order valence-electron chi connectivity index (χ3n) is 4.00. The van der Waals surface area contributed by atoms with E-state index in [9.17, 15) is 4.79 Å². The Morgan fingerprint density at radius 2 is 1.84 bits per heavy atom. The maximum absolute atomic E-state index is 12.6. The molecule has 0 radical (unpaired) electrons. The first-order chi connectivity index (χ1) is 12.3. The molecule has 2 aliphatic rings. The fourth-order valence-electron chi connectivity index (χ4n) is 2.72. The van der Waals surface area contributed by atoms with Crippen LogP contribution in [-0.2, 0) is 0 Å². The third kappa shape index (κ3) is 2.19. The minimum absolute atomic E-state index is 0.233. The van der Waals surface area contributed by atoms with Crippen molar-refractivity contribution in [1.29, 1.82) is 0 Å². The molecule has 8 nitrogen and oxygen atoms in total. The number of pyridine rings is 2. The van der Waals surface area contributed by atoms with Crippen molar-refractivity contribution in [2.45, 2.75) is 0 Å².